The van der Waals surface area contributed by atoms with Crippen LogP contribution in [0.2, 0.25) is 0 Å². The summed E-state index contributed by atoms with van der Waals surface area (Å²) in [5.74, 6) is 1.52. The number of benzene rings is 2. The molecule has 3 nitrogen and oxygen atoms in total. The second kappa shape index (κ2) is 5.13. The van der Waals surface area contributed by atoms with E-state index in [9.17, 15) is 0 Å². The molecule has 0 saturated heterocycles. The van der Waals surface area contributed by atoms with Crippen LogP contribution in [0.3, 0.4) is 0 Å². The first kappa shape index (κ1) is 12.9. The van der Waals surface area contributed by atoms with Gasteiger partial charge in [-0.1, -0.05) is 6.07 Å². The van der Waals surface area contributed by atoms with Crippen LogP contribution >= 0.6 is 15.9 Å². The van der Waals surface area contributed by atoms with Gasteiger partial charge in [0.1, 0.15) is 11.5 Å². The van der Waals surface area contributed by atoms with Crippen molar-refractivity contribution in [2.45, 2.75) is 6.92 Å². The number of aromatic nitrogens is 1. The monoisotopic (exact) mass is 328 g/mol. The van der Waals surface area contributed by atoms with E-state index in [0.29, 0.717) is 0 Å². The Kier molecular flexibility index (Phi) is 3.32. The molecule has 1 heterocycles. The Balaban J connectivity index is 2.08. The van der Waals surface area contributed by atoms with E-state index in [4.69, 9.17) is 10.5 Å². The Hall–Kier alpha value is -2.07. The number of rotatable bonds is 2. The Morgan fingerprint density at radius 2 is 1.95 bits per heavy atom. The van der Waals surface area contributed by atoms with Crippen molar-refractivity contribution >= 4 is 32.5 Å². The second-order valence-electron chi connectivity index (χ2n) is 4.57. The van der Waals surface area contributed by atoms with Gasteiger partial charge < -0.3 is 10.5 Å². The molecule has 0 spiro atoms. The summed E-state index contributed by atoms with van der Waals surface area (Å²) in [4.78, 5) is 4.33. The molecular weight excluding hydrogens is 316 g/mol. The minimum atomic E-state index is 0.740. The Morgan fingerprint density at radius 1 is 1.10 bits per heavy atom. The average Bonchev–Trinajstić information content (AvgIpc) is 2.45. The van der Waals surface area contributed by atoms with Gasteiger partial charge >= 0.3 is 0 Å². The molecule has 4 heteroatoms. The minimum absolute atomic E-state index is 0.740. The van der Waals surface area contributed by atoms with Crippen LogP contribution in [0, 0.1) is 6.92 Å². The molecule has 2 N–H and O–H groups in total. The summed E-state index contributed by atoms with van der Waals surface area (Å²) < 4.78 is 6.85. The van der Waals surface area contributed by atoms with Crippen molar-refractivity contribution in [3.05, 3.63) is 58.7 Å². The zero-order valence-corrected chi connectivity index (χ0v) is 12.5. The van der Waals surface area contributed by atoms with E-state index in [-0.39, 0.29) is 0 Å². The zero-order chi connectivity index (χ0) is 14.1. The number of fused-ring (bicyclic) bond motifs is 1. The van der Waals surface area contributed by atoms with E-state index in [1.807, 2.05) is 49.4 Å². The van der Waals surface area contributed by atoms with Crippen molar-refractivity contribution in [1.29, 1.82) is 0 Å². The van der Waals surface area contributed by atoms with Crippen LogP contribution in [0.25, 0.3) is 10.9 Å². The summed E-state index contributed by atoms with van der Waals surface area (Å²) in [6.07, 6.45) is 1.77. The summed E-state index contributed by atoms with van der Waals surface area (Å²) in [6, 6.07) is 13.5. The summed E-state index contributed by atoms with van der Waals surface area (Å²) >= 11 is 3.48. The lowest BCUT2D eigenvalue weighted by molar-refractivity contribution is 0.485. The third-order valence-corrected chi connectivity index (χ3v) is 3.77. The number of anilines is 1. The molecule has 1 aromatic heterocycles. The number of aryl methyl sites for hydroxylation is 1. The quantitative estimate of drug-likeness (QED) is 0.695. The van der Waals surface area contributed by atoms with Crippen molar-refractivity contribution in [3.8, 4) is 11.5 Å². The Bertz CT molecular complexity index is 781. The van der Waals surface area contributed by atoms with E-state index in [1.165, 1.54) is 0 Å². The van der Waals surface area contributed by atoms with Crippen LogP contribution in [0.15, 0.2) is 53.1 Å². The van der Waals surface area contributed by atoms with Crippen molar-refractivity contribution in [1.82, 2.24) is 4.98 Å². The third-order valence-electron chi connectivity index (χ3n) is 3.15. The van der Waals surface area contributed by atoms with Crippen molar-refractivity contribution < 1.29 is 4.74 Å². The normalized spacial score (nSPS) is 10.7. The third kappa shape index (κ3) is 2.34. The Morgan fingerprint density at radius 3 is 2.80 bits per heavy atom. The standard InChI is InChI=1S/C16H13BrN2O/c1-10-8-16(12(17)9-13(10)18)20-15-6-2-5-14-11(15)4-3-7-19-14/h2-9H,18H2,1H3. The molecule has 0 amide bonds. The van der Waals surface area contributed by atoms with Crippen LogP contribution in [0.5, 0.6) is 11.5 Å². The highest BCUT2D eigenvalue weighted by molar-refractivity contribution is 9.10. The number of nitrogens with two attached hydrogens (primary N) is 1. The molecule has 100 valence electrons. The summed E-state index contributed by atoms with van der Waals surface area (Å²) in [7, 11) is 0. The predicted molar refractivity (Wildman–Crippen MR) is 85.1 cm³/mol. The van der Waals surface area contributed by atoms with Gasteiger partial charge in [-0.15, -0.1) is 0 Å². The lowest BCUT2D eigenvalue weighted by atomic mass is 10.2. The van der Waals surface area contributed by atoms with Gasteiger partial charge in [-0.05, 0) is 64.8 Å². The predicted octanol–water partition coefficient (Wildman–Crippen LogP) is 4.68. The number of nitrogen functional groups attached to an aromatic ring is 1. The number of halogens is 1. The van der Waals surface area contributed by atoms with Crippen LogP contribution in [0.1, 0.15) is 5.56 Å². The number of pyridine rings is 1. The minimum Gasteiger partial charge on any atom is -0.455 e. The molecule has 2 aromatic carbocycles. The largest absolute Gasteiger partial charge is 0.455 e. The summed E-state index contributed by atoms with van der Waals surface area (Å²) in [5.41, 5.74) is 8.52. The molecule has 0 aliphatic carbocycles. The highest BCUT2D eigenvalue weighted by Crippen LogP contribution is 2.35. The zero-order valence-electron chi connectivity index (χ0n) is 10.9. The van der Waals surface area contributed by atoms with E-state index >= 15 is 0 Å². The van der Waals surface area contributed by atoms with Gasteiger partial charge in [0.05, 0.1) is 9.99 Å². The highest BCUT2D eigenvalue weighted by atomic mass is 79.9. The molecule has 0 aliphatic rings. The smallest absolute Gasteiger partial charge is 0.142 e. The SMILES string of the molecule is Cc1cc(Oc2cccc3ncccc23)c(Br)cc1N. The highest BCUT2D eigenvalue weighted by Gasteiger charge is 2.08. The molecule has 3 rings (SSSR count). The fourth-order valence-corrected chi connectivity index (χ4v) is 2.47. The fourth-order valence-electron chi connectivity index (χ4n) is 2.03. The van der Waals surface area contributed by atoms with Gasteiger partial charge in [-0.3, -0.25) is 4.98 Å². The summed E-state index contributed by atoms with van der Waals surface area (Å²) in [5, 5.41) is 0.983. The maximum absolute atomic E-state index is 6.02. The Labute approximate surface area is 125 Å². The van der Waals surface area contributed by atoms with Crippen molar-refractivity contribution in [3.63, 3.8) is 0 Å². The first-order valence-corrected chi connectivity index (χ1v) is 7.01. The topological polar surface area (TPSA) is 48.1 Å². The first-order valence-electron chi connectivity index (χ1n) is 6.22. The van der Waals surface area contributed by atoms with Crippen molar-refractivity contribution in [2.75, 3.05) is 5.73 Å². The van der Waals surface area contributed by atoms with E-state index < -0.39 is 0 Å². The molecule has 20 heavy (non-hydrogen) atoms. The molecular formula is C16H13BrN2O. The van der Waals surface area contributed by atoms with Gasteiger partial charge in [-0.25, -0.2) is 0 Å². The molecule has 3 aromatic rings. The van der Waals surface area contributed by atoms with Gasteiger partial charge in [0.25, 0.3) is 0 Å². The first-order chi connectivity index (χ1) is 9.65. The molecule has 0 fully saturated rings. The molecule has 0 aliphatic heterocycles. The van der Waals surface area contributed by atoms with E-state index in [1.54, 1.807) is 6.20 Å². The maximum Gasteiger partial charge on any atom is 0.142 e. The van der Waals surface area contributed by atoms with Gasteiger partial charge in [0, 0.05) is 17.3 Å². The van der Waals surface area contributed by atoms with Crippen LogP contribution in [0.4, 0.5) is 5.69 Å². The van der Waals surface area contributed by atoms with E-state index in [0.717, 1.165) is 38.1 Å². The van der Waals surface area contributed by atoms with Crippen LogP contribution in [-0.4, -0.2) is 4.98 Å². The van der Waals surface area contributed by atoms with Gasteiger partial charge in [0.15, 0.2) is 0 Å². The van der Waals surface area contributed by atoms with Crippen LogP contribution < -0.4 is 10.5 Å². The fraction of sp³-hybridized carbons (Fsp3) is 0.0625. The number of hydrogen-bond acceptors (Lipinski definition) is 3. The molecule has 0 radical (unpaired) electrons. The molecule has 0 bridgehead atoms. The number of ether oxygens (including phenoxy) is 1. The molecule has 0 atom stereocenters. The lowest BCUT2D eigenvalue weighted by Crippen LogP contribution is -1.93. The maximum atomic E-state index is 6.02. The number of nitrogens with zero attached hydrogens (tertiary/aromatic N) is 1. The molecule has 0 unspecified atom stereocenters. The summed E-state index contributed by atoms with van der Waals surface area (Å²) in [6.45, 7) is 1.96. The van der Waals surface area contributed by atoms with Crippen molar-refractivity contribution in [2.24, 2.45) is 0 Å². The number of hydrogen-bond donors (Lipinski definition) is 1. The molecule has 0 saturated carbocycles. The lowest BCUT2D eigenvalue weighted by Gasteiger charge is -2.12. The van der Waals surface area contributed by atoms with Gasteiger partial charge in [0.2, 0.25) is 0 Å². The second-order valence-corrected chi connectivity index (χ2v) is 5.42. The van der Waals surface area contributed by atoms with E-state index in [2.05, 4.69) is 20.9 Å². The van der Waals surface area contributed by atoms with Crippen LogP contribution in [-0.2, 0) is 0 Å². The average molecular weight is 329 g/mol. The van der Waals surface area contributed by atoms with Gasteiger partial charge in [-0.2, -0.15) is 0 Å².